The summed E-state index contributed by atoms with van der Waals surface area (Å²) in [6.07, 6.45) is -0.446. The molecule has 102 valence electrons. The topological polar surface area (TPSA) is 29.9 Å². The first-order chi connectivity index (χ1) is 8.48. The molecule has 18 heavy (non-hydrogen) atoms. The lowest BCUT2D eigenvalue weighted by molar-refractivity contribution is -0.188. The van der Waals surface area contributed by atoms with E-state index in [1.54, 1.807) is 10.9 Å². The van der Waals surface area contributed by atoms with Crippen molar-refractivity contribution in [2.24, 2.45) is 13.0 Å². The minimum Gasteiger partial charge on any atom is -0.313 e. The molecule has 1 aliphatic rings. The van der Waals surface area contributed by atoms with Gasteiger partial charge in [-0.15, -0.1) is 0 Å². The van der Waals surface area contributed by atoms with Crippen LogP contribution in [-0.4, -0.2) is 28.5 Å². The van der Waals surface area contributed by atoms with Crippen LogP contribution in [0.1, 0.15) is 25.0 Å². The van der Waals surface area contributed by atoms with E-state index in [1.165, 1.54) is 0 Å². The highest BCUT2D eigenvalue weighted by atomic mass is 19.4. The van der Waals surface area contributed by atoms with Gasteiger partial charge in [0.1, 0.15) is 0 Å². The number of nitrogens with zero attached hydrogens (tertiary/aromatic N) is 2. The zero-order chi connectivity index (χ0) is 13.2. The highest BCUT2D eigenvalue weighted by molar-refractivity contribution is 5.01. The van der Waals surface area contributed by atoms with Crippen molar-refractivity contribution in [1.29, 1.82) is 0 Å². The van der Waals surface area contributed by atoms with Crippen LogP contribution in [0.3, 0.4) is 0 Å². The predicted molar refractivity (Wildman–Crippen MR) is 62.1 cm³/mol. The zero-order valence-corrected chi connectivity index (χ0v) is 10.4. The van der Waals surface area contributed by atoms with Gasteiger partial charge in [-0.05, 0) is 38.3 Å². The Morgan fingerprint density at radius 1 is 1.50 bits per heavy atom. The second kappa shape index (κ2) is 5.30. The third kappa shape index (κ3) is 3.04. The van der Waals surface area contributed by atoms with Crippen LogP contribution >= 0.6 is 0 Å². The third-order valence-electron chi connectivity index (χ3n) is 3.64. The molecule has 0 spiro atoms. The normalized spacial score (nSPS) is 25.3. The first-order valence-electron chi connectivity index (χ1n) is 6.25. The largest absolute Gasteiger partial charge is 0.393 e. The average Bonchev–Trinajstić information content (AvgIpc) is 2.71. The molecule has 2 rings (SSSR count). The van der Waals surface area contributed by atoms with E-state index < -0.39 is 18.1 Å². The first kappa shape index (κ1) is 13.4. The Hall–Kier alpha value is -1.04. The molecule has 0 aliphatic carbocycles. The van der Waals surface area contributed by atoms with Crippen LogP contribution in [0.25, 0.3) is 0 Å². The summed E-state index contributed by atoms with van der Waals surface area (Å²) in [5.41, 5.74) is 0.975. The fourth-order valence-electron chi connectivity index (χ4n) is 2.60. The fraction of sp³-hybridized carbons (Fsp3) is 0.750. The predicted octanol–water partition coefficient (Wildman–Crippen LogP) is 2.28. The van der Waals surface area contributed by atoms with Crippen molar-refractivity contribution in [3.63, 3.8) is 0 Å². The van der Waals surface area contributed by atoms with Gasteiger partial charge in [0.2, 0.25) is 0 Å². The van der Waals surface area contributed by atoms with Gasteiger partial charge in [0.05, 0.1) is 5.92 Å². The lowest BCUT2D eigenvalue weighted by Gasteiger charge is -2.34. The molecule has 1 N–H and O–H groups in total. The van der Waals surface area contributed by atoms with Crippen LogP contribution < -0.4 is 5.32 Å². The van der Waals surface area contributed by atoms with E-state index in [0.29, 0.717) is 25.8 Å². The van der Waals surface area contributed by atoms with E-state index in [-0.39, 0.29) is 6.42 Å². The zero-order valence-electron chi connectivity index (χ0n) is 10.4. The molecule has 1 aromatic rings. The minimum atomic E-state index is -4.09. The lowest BCUT2D eigenvalue weighted by atomic mass is 9.87. The molecule has 1 aliphatic heterocycles. The Kier molecular flexibility index (Phi) is 3.94. The maximum atomic E-state index is 12.9. The lowest BCUT2D eigenvalue weighted by Crippen LogP contribution is -2.47. The monoisotopic (exact) mass is 261 g/mol. The molecule has 2 atom stereocenters. The number of rotatable bonds is 3. The van der Waals surface area contributed by atoms with Gasteiger partial charge < -0.3 is 5.32 Å². The first-order valence-corrected chi connectivity index (χ1v) is 6.25. The Morgan fingerprint density at radius 2 is 2.28 bits per heavy atom. The summed E-state index contributed by atoms with van der Waals surface area (Å²) in [5, 5.41) is 7.03. The Morgan fingerprint density at radius 3 is 2.89 bits per heavy atom. The number of nitrogens with one attached hydrogen (secondary N) is 1. The van der Waals surface area contributed by atoms with Crippen molar-refractivity contribution in [1.82, 2.24) is 15.1 Å². The molecular formula is C12H18F3N3. The summed E-state index contributed by atoms with van der Waals surface area (Å²) in [6.45, 7) is 0.683. The summed E-state index contributed by atoms with van der Waals surface area (Å²) in [7, 11) is 1.81. The fourth-order valence-corrected chi connectivity index (χ4v) is 2.60. The van der Waals surface area contributed by atoms with Crippen LogP contribution in [0.4, 0.5) is 13.2 Å². The number of aromatic nitrogens is 2. The van der Waals surface area contributed by atoms with Crippen LogP contribution in [-0.2, 0) is 13.5 Å². The van der Waals surface area contributed by atoms with Crippen molar-refractivity contribution in [2.75, 3.05) is 6.54 Å². The highest BCUT2D eigenvalue weighted by Gasteiger charge is 2.45. The average molecular weight is 261 g/mol. The number of aryl methyl sites for hydroxylation is 2. The number of alkyl halides is 3. The summed E-state index contributed by atoms with van der Waals surface area (Å²) < 4.78 is 40.4. The van der Waals surface area contributed by atoms with Gasteiger partial charge >= 0.3 is 6.18 Å². The second-order valence-electron chi connectivity index (χ2n) is 4.84. The molecule has 0 aromatic carbocycles. The van der Waals surface area contributed by atoms with Crippen LogP contribution in [0.2, 0.25) is 0 Å². The summed E-state index contributed by atoms with van der Waals surface area (Å²) in [5.74, 6) is -1.21. The van der Waals surface area contributed by atoms with Crippen LogP contribution in [0.15, 0.2) is 12.3 Å². The van der Waals surface area contributed by atoms with Crippen molar-refractivity contribution < 1.29 is 13.2 Å². The van der Waals surface area contributed by atoms with Gasteiger partial charge in [-0.1, -0.05) is 0 Å². The molecule has 0 amide bonds. The number of hydrogen-bond acceptors (Lipinski definition) is 2. The van der Waals surface area contributed by atoms with Gasteiger partial charge in [0.25, 0.3) is 0 Å². The van der Waals surface area contributed by atoms with Crippen molar-refractivity contribution in [2.45, 2.75) is 37.9 Å². The number of piperidine rings is 1. The van der Waals surface area contributed by atoms with E-state index in [2.05, 4.69) is 10.4 Å². The van der Waals surface area contributed by atoms with E-state index in [0.717, 1.165) is 5.69 Å². The molecular weight excluding hydrogens is 243 g/mol. The molecule has 0 bridgehead atoms. The number of hydrogen-bond donors (Lipinski definition) is 1. The van der Waals surface area contributed by atoms with E-state index in [9.17, 15) is 13.2 Å². The second-order valence-corrected chi connectivity index (χ2v) is 4.84. The van der Waals surface area contributed by atoms with Crippen LogP contribution in [0.5, 0.6) is 0 Å². The van der Waals surface area contributed by atoms with E-state index in [1.807, 2.05) is 13.1 Å². The van der Waals surface area contributed by atoms with Gasteiger partial charge in [0, 0.05) is 25.0 Å². The van der Waals surface area contributed by atoms with Gasteiger partial charge in [0.15, 0.2) is 0 Å². The van der Waals surface area contributed by atoms with Crippen LogP contribution in [0, 0.1) is 5.92 Å². The molecule has 1 fully saturated rings. The maximum absolute atomic E-state index is 12.9. The maximum Gasteiger partial charge on any atom is 0.393 e. The van der Waals surface area contributed by atoms with Crippen molar-refractivity contribution >= 4 is 0 Å². The molecule has 1 aromatic heterocycles. The SMILES string of the molecule is Cn1nccc1CCC1NCCCC1C(F)(F)F. The highest BCUT2D eigenvalue weighted by Crippen LogP contribution is 2.35. The third-order valence-corrected chi connectivity index (χ3v) is 3.64. The van der Waals surface area contributed by atoms with Gasteiger partial charge in [-0.2, -0.15) is 18.3 Å². The van der Waals surface area contributed by atoms with Crippen molar-refractivity contribution in [3.8, 4) is 0 Å². The minimum absolute atomic E-state index is 0.243. The van der Waals surface area contributed by atoms with Gasteiger partial charge in [-0.3, -0.25) is 4.68 Å². The van der Waals surface area contributed by atoms with E-state index in [4.69, 9.17) is 0 Å². The molecule has 1 saturated heterocycles. The Bertz CT molecular complexity index is 386. The summed E-state index contributed by atoms with van der Waals surface area (Å²) in [6, 6.07) is 1.39. The molecule has 6 heteroatoms. The molecule has 0 radical (unpaired) electrons. The smallest absolute Gasteiger partial charge is 0.313 e. The standard InChI is InChI=1S/C12H18F3N3/c1-18-9(6-8-17-18)4-5-11-10(12(13,14)15)3-2-7-16-11/h6,8,10-11,16H,2-5,7H2,1H3. The quantitative estimate of drug-likeness (QED) is 0.904. The molecule has 3 nitrogen and oxygen atoms in total. The van der Waals surface area contributed by atoms with Gasteiger partial charge in [-0.25, -0.2) is 0 Å². The number of halogens is 3. The summed E-state index contributed by atoms with van der Waals surface area (Å²) >= 11 is 0. The summed E-state index contributed by atoms with van der Waals surface area (Å²) in [4.78, 5) is 0. The Labute approximate surface area is 104 Å². The molecule has 0 saturated carbocycles. The molecule has 2 unspecified atom stereocenters. The van der Waals surface area contributed by atoms with E-state index >= 15 is 0 Å². The van der Waals surface area contributed by atoms with Crippen molar-refractivity contribution in [3.05, 3.63) is 18.0 Å². The Balaban J connectivity index is 1.96. The molecule has 2 heterocycles.